The van der Waals surface area contributed by atoms with E-state index in [1.807, 2.05) is 0 Å². The van der Waals surface area contributed by atoms with Gasteiger partial charge in [-0.05, 0) is 36.6 Å². The minimum absolute atomic E-state index is 0.0516. The molecular formula is C21H22Cl4F6N2O4. The lowest BCUT2D eigenvalue weighted by Crippen LogP contribution is -2.19. The van der Waals surface area contributed by atoms with Crippen LogP contribution in [0.2, 0.25) is 20.1 Å². The second-order valence-electron chi connectivity index (χ2n) is 7.26. The third-order valence-corrected chi connectivity index (χ3v) is 4.70. The maximum absolute atomic E-state index is 11.8. The van der Waals surface area contributed by atoms with E-state index in [-0.39, 0.29) is 37.3 Å². The van der Waals surface area contributed by atoms with Gasteiger partial charge in [-0.15, -0.1) is 4.91 Å². The molecule has 0 aliphatic carbocycles. The first-order valence-electron chi connectivity index (χ1n) is 9.99. The summed E-state index contributed by atoms with van der Waals surface area (Å²) in [6.45, 7) is 1.72. The van der Waals surface area contributed by atoms with Crippen molar-refractivity contribution in [2.45, 2.75) is 32.6 Å². The van der Waals surface area contributed by atoms with Crippen LogP contribution in [0.1, 0.15) is 20.3 Å². The summed E-state index contributed by atoms with van der Waals surface area (Å²) in [5.74, 6) is 0.217. The predicted octanol–water partition coefficient (Wildman–Crippen LogP) is 9.18. The Bertz CT molecular complexity index is 936. The standard InChI is InChI=1S/C8H6Cl2F3NO.C8H5Cl2F3O.C5H11NO2/c9-5-1-4(14)2-6(10)7(5)15-3-8(11,12)13;9-5-2-1-3-6(10)7(5)14-4-8(11,12)13;1-5(2)3-4-8-6-7/h1-2H,3,14H2;1-3H,4H2;5H,3-4H2,1-2H3. The number of alkyl halides is 6. The Morgan fingerprint density at radius 1 is 0.838 bits per heavy atom. The topological polar surface area (TPSA) is 83.1 Å². The summed E-state index contributed by atoms with van der Waals surface area (Å²) in [6, 6.07) is 6.85. The number of nitrogens with zero attached hydrogens (tertiary/aromatic N) is 1. The normalized spacial score (nSPS) is 11.1. The number of ether oxygens (including phenoxy) is 2. The number of nitrogen functional groups attached to an aromatic ring is 1. The van der Waals surface area contributed by atoms with Gasteiger partial charge in [0.25, 0.3) is 0 Å². The van der Waals surface area contributed by atoms with Crippen molar-refractivity contribution >= 4 is 52.1 Å². The molecule has 210 valence electrons. The SMILES string of the molecule is CC(C)CCON=O.FC(F)(F)COc1c(Cl)cccc1Cl.Nc1cc(Cl)c(OCC(F)(F)F)c(Cl)c1. The molecule has 0 radical (unpaired) electrons. The zero-order chi connectivity index (χ0) is 28.8. The van der Waals surface area contributed by atoms with Crippen molar-refractivity contribution in [2.24, 2.45) is 11.3 Å². The molecule has 0 amide bonds. The van der Waals surface area contributed by atoms with Crippen molar-refractivity contribution in [3.05, 3.63) is 55.3 Å². The third kappa shape index (κ3) is 17.2. The molecule has 0 heterocycles. The van der Waals surface area contributed by atoms with E-state index in [9.17, 15) is 31.2 Å². The van der Waals surface area contributed by atoms with Crippen LogP contribution in [-0.4, -0.2) is 32.2 Å². The minimum atomic E-state index is -4.44. The summed E-state index contributed by atoms with van der Waals surface area (Å²) in [7, 11) is 0. The number of benzene rings is 2. The first-order valence-corrected chi connectivity index (χ1v) is 11.5. The zero-order valence-electron chi connectivity index (χ0n) is 19.2. The summed E-state index contributed by atoms with van der Waals surface area (Å²) >= 11 is 22.4. The fraction of sp³-hybridized carbons (Fsp3) is 0.429. The minimum Gasteiger partial charge on any atom is -0.481 e. The van der Waals surface area contributed by atoms with Gasteiger partial charge in [-0.3, -0.25) is 0 Å². The molecule has 0 bridgehead atoms. The quantitative estimate of drug-likeness (QED) is 0.104. The van der Waals surface area contributed by atoms with Crippen molar-refractivity contribution in [3.63, 3.8) is 0 Å². The lowest BCUT2D eigenvalue weighted by Gasteiger charge is -2.12. The van der Waals surface area contributed by atoms with Gasteiger partial charge >= 0.3 is 12.4 Å². The lowest BCUT2D eigenvalue weighted by molar-refractivity contribution is -0.154. The van der Waals surface area contributed by atoms with Crippen LogP contribution in [0.4, 0.5) is 32.0 Å². The van der Waals surface area contributed by atoms with Crippen LogP contribution in [0.5, 0.6) is 11.5 Å². The molecule has 0 aromatic heterocycles. The van der Waals surface area contributed by atoms with Crippen molar-refractivity contribution in [2.75, 3.05) is 25.6 Å². The largest absolute Gasteiger partial charge is 0.481 e. The number of hydrogen-bond donors (Lipinski definition) is 1. The van der Waals surface area contributed by atoms with Crippen LogP contribution >= 0.6 is 46.4 Å². The molecule has 0 spiro atoms. The Balaban J connectivity index is 0.000000551. The van der Waals surface area contributed by atoms with E-state index in [4.69, 9.17) is 52.1 Å². The third-order valence-electron chi connectivity index (χ3n) is 3.54. The van der Waals surface area contributed by atoms with Gasteiger partial charge in [0, 0.05) is 5.69 Å². The van der Waals surface area contributed by atoms with E-state index >= 15 is 0 Å². The number of rotatable bonds is 8. The maximum Gasteiger partial charge on any atom is 0.422 e. The zero-order valence-corrected chi connectivity index (χ0v) is 22.3. The molecule has 0 atom stereocenters. The summed E-state index contributed by atoms with van der Waals surface area (Å²) in [5.41, 5.74) is 5.62. The van der Waals surface area contributed by atoms with Gasteiger partial charge < -0.3 is 20.0 Å². The fourth-order valence-electron chi connectivity index (χ4n) is 1.97. The number of nitrogens with two attached hydrogens (primary N) is 1. The van der Waals surface area contributed by atoms with Gasteiger partial charge in [0.15, 0.2) is 30.1 Å². The number of anilines is 1. The van der Waals surface area contributed by atoms with Crippen molar-refractivity contribution < 1.29 is 40.7 Å². The van der Waals surface area contributed by atoms with E-state index in [0.29, 0.717) is 12.5 Å². The highest BCUT2D eigenvalue weighted by Crippen LogP contribution is 2.36. The summed E-state index contributed by atoms with van der Waals surface area (Å²) in [6.07, 6.45) is -7.94. The monoisotopic (exact) mass is 620 g/mol. The fourth-order valence-corrected chi connectivity index (χ4v) is 3.09. The average Bonchev–Trinajstić information content (AvgIpc) is 2.72. The number of halogens is 10. The average molecular weight is 622 g/mol. The molecule has 0 fully saturated rings. The molecule has 0 saturated heterocycles. The number of hydrogen-bond acceptors (Lipinski definition) is 6. The highest BCUT2D eigenvalue weighted by molar-refractivity contribution is 6.38. The van der Waals surface area contributed by atoms with Crippen molar-refractivity contribution in [1.29, 1.82) is 0 Å². The van der Waals surface area contributed by atoms with Gasteiger partial charge in [0.1, 0.15) is 6.61 Å². The molecule has 0 aliphatic rings. The lowest BCUT2D eigenvalue weighted by atomic mass is 10.1. The first-order chi connectivity index (χ1) is 17.0. The first kappa shape index (κ1) is 35.0. The highest BCUT2D eigenvalue weighted by atomic mass is 35.5. The Labute approximate surface area is 228 Å². The van der Waals surface area contributed by atoms with E-state index < -0.39 is 25.6 Å². The maximum atomic E-state index is 11.8. The smallest absolute Gasteiger partial charge is 0.422 e. The van der Waals surface area contributed by atoms with Crippen LogP contribution in [0.25, 0.3) is 0 Å². The molecule has 0 unspecified atom stereocenters. The van der Waals surface area contributed by atoms with Crippen LogP contribution in [0.3, 0.4) is 0 Å². The van der Waals surface area contributed by atoms with E-state index in [1.165, 1.54) is 30.3 Å². The number of para-hydroxylation sites is 1. The Hall–Kier alpha value is -2.02. The van der Waals surface area contributed by atoms with Crippen molar-refractivity contribution in [1.82, 2.24) is 0 Å². The van der Waals surface area contributed by atoms with Crippen molar-refractivity contribution in [3.8, 4) is 11.5 Å². The van der Waals surface area contributed by atoms with Crippen LogP contribution in [-0.2, 0) is 4.84 Å². The molecule has 37 heavy (non-hydrogen) atoms. The Morgan fingerprint density at radius 2 is 1.24 bits per heavy atom. The summed E-state index contributed by atoms with van der Waals surface area (Å²) < 4.78 is 79.8. The van der Waals surface area contributed by atoms with E-state index in [1.54, 1.807) is 0 Å². The molecule has 0 saturated carbocycles. The molecule has 2 rings (SSSR count). The van der Waals surface area contributed by atoms with Gasteiger partial charge in [-0.25, -0.2) is 0 Å². The van der Waals surface area contributed by atoms with E-state index in [2.05, 4.69) is 33.5 Å². The van der Waals surface area contributed by atoms with Crippen LogP contribution in [0, 0.1) is 10.8 Å². The molecule has 2 N–H and O–H groups in total. The van der Waals surface area contributed by atoms with Gasteiger partial charge in [-0.2, -0.15) is 26.3 Å². The molecule has 6 nitrogen and oxygen atoms in total. The highest BCUT2D eigenvalue weighted by Gasteiger charge is 2.30. The predicted molar refractivity (Wildman–Crippen MR) is 132 cm³/mol. The second-order valence-corrected chi connectivity index (χ2v) is 8.89. The molecule has 2 aromatic rings. The van der Waals surface area contributed by atoms with E-state index in [0.717, 1.165) is 6.42 Å². The summed E-state index contributed by atoms with van der Waals surface area (Å²) in [4.78, 5) is 13.5. The second kappa shape index (κ2) is 16.7. The summed E-state index contributed by atoms with van der Waals surface area (Å²) in [5, 5.41) is 2.27. The molecular weight excluding hydrogens is 600 g/mol. The van der Waals surface area contributed by atoms with Crippen LogP contribution in [0.15, 0.2) is 35.7 Å². The molecule has 16 heteroatoms. The Morgan fingerprint density at radius 3 is 1.59 bits per heavy atom. The molecule has 2 aromatic carbocycles. The van der Waals surface area contributed by atoms with Gasteiger partial charge in [0.2, 0.25) is 0 Å². The Kier molecular flexibility index (Phi) is 15.8. The molecule has 0 aliphatic heterocycles. The van der Waals surface area contributed by atoms with Crippen LogP contribution < -0.4 is 15.2 Å². The van der Waals surface area contributed by atoms with Gasteiger partial charge in [0.05, 0.1) is 20.1 Å². The van der Waals surface area contributed by atoms with Gasteiger partial charge in [-0.1, -0.05) is 66.3 Å².